The highest BCUT2D eigenvalue weighted by atomic mass is 35.5. The number of nitrogens with zero attached hydrogens (tertiary/aromatic N) is 2. The molecule has 0 radical (unpaired) electrons. The van der Waals surface area contributed by atoms with Crippen LogP contribution < -0.4 is 10.6 Å². The van der Waals surface area contributed by atoms with Gasteiger partial charge < -0.3 is 15.4 Å². The average Bonchev–Trinajstić information content (AvgIpc) is 3.20. The highest BCUT2D eigenvalue weighted by Crippen LogP contribution is 2.13. The Morgan fingerprint density at radius 3 is 2.96 bits per heavy atom. The number of urea groups is 1. The lowest BCUT2D eigenvalue weighted by Gasteiger charge is -2.10. The second kappa shape index (κ2) is 7.48. The van der Waals surface area contributed by atoms with Gasteiger partial charge >= 0.3 is 6.03 Å². The lowest BCUT2D eigenvalue weighted by atomic mass is 10.2. The molecule has 122 valence electrons. The van der Waals surface area contributed by atoms with Gasteiger partial charge in [-0.05, 0) is 30.5 Å². The maximum Gasteiger partial charge on any atom is 0.319 e. The number of hydrogen-bond donors (Lipinski definition) is 2. The first-order chi connectivity index (χ1) is 11.2. The van der Waals surface area contributed by atoms with Gasteiger partial charge in [-0.25, -0.2) is 4.79 Å². The summed E-state index contributed by atoms with van der Waals surface area (Å²) in [4.78, 5) is 11.8. The number of benzene rings is 1. The number of nitrogens with one attached hydrogen (secondary N) is 2. The van der Waals surface area contributed by atoms with Gasteiger partial charge in [0.05, 0.1) is 24.5 Å². The van der Waals surface area contributed by atoms with E-state index in [0.717, 1.165) is 25.0 Å². The summed E-state index contributed by atoms with van der Waals surface area (Å²) in [5.74, 6) is 0. The van der Waals surface area contributed by atoms with Crippen molar-refractivity contribution in [1.82, 2.24) is 15.1 Å². The predicted octanol–water partition coefficient (Wildman–Crippen LogP) is 2.89. The number of ether oxygens (including phenoxy) is 1. The first-order valence-electron chi connectivity index (χ1n) is 7.62. The number of anilines is 1. The standard InChI is InChI=1S/C16H19ClN4O2/c17-13-5-3-12(4-6-13)10-21-11-14(8-19-21)20-16(22)18-9-15-2-1-7-23-15/h3-6,8,11,15H,1-2,7,9-10H2,(H2,18,20,22). The molecule has 0 spiro atoms. The minimum atomic E-state index is -0.244. The third kappa shape index (κ3) is 4.71. The van der Waals surface area contributed by atoms with Crippen molar-refractivity contribution in [2.75, 3.05) is 18.5 Å². The smallest absolute Gasteiger partial charge is 0.319 e. The van der Waals surface area contributed by atoms with Crippen LogP contribution in [0.5, 0.6) is 0 Å². The van der Waals surface area contributed by atoms with E-state index in [1.807, 2.05) is 24.3 Å². The molecule has 2 heterocycles. The number of carbonyl (C=O) groups excluding carboxylic acids is 1. The van der Waals surface area contributed by atoms with Crippen molar-refractivity contribution in [1.29, 1.82) is 0 Å². The van der Waals surface area contributed by atoms with Crippen molar-refractivity contribution in [3.63, 3.8) is 0 Å². The second-order valence-electron chi connectivity index (χ2n) is 5.52. The van der Waals surface area contributed by atoms with Crippen molar-refractivity contribution in [3.05, 3.63) is 47.2 Å². The molecular weight excluding hydrogens is 316 g/mol. The van der Waals surface area contributed by atoms with E-state index < -0.39 is 0 Å². The molecular formula is C16H19ClN4O2. The van der Waals surface area contributed by atoms with Gasteiger partial charge in [0.2, 0.25) is 0 Å². The number of halogens is 1. The summed E-state index contributed by atoms with van der Waals surface area (Å²) in [6.07, 6.45) is 5.61. The van der Waals surface area contributed by atoms with Gasteiger partial charge in [0, 0.05) is 24.4 Å². The van der Waals surface area contributed by atoms with Crippen LogP contribution in [0.15, 0.2) is 36.7 Å². The summed E-state index contributed by atoms with van der Waals surface area (Å²) in [6, 6.07) is 7.35. The Hall–Kier alpha value is -2.05. The SMILES string of the molecule is O=C(NCC1CCCO1)Nc1cnn(Cc2ccc(Cl)cc2)c1. The number of aromatic nitrogens is 2. The summed E-state index contributed by atoms with van der Waals surface area (Å²) in [7, 11) is 0. The zero-order valence-corrected chi connectivity index (χ0v) is 13.4. The van der Waals surface area contributed by atoms with E-state index in [0.29, 0.717) is 23.8 Å². The first-order valence-corrected chi connectivity index (χ1v) is 8.00. The fourth-order valence-electron chi connectivity index (χ4n) is 2.48. The molecule has 0 aliphatic carbocycles. The lowest BCUT2D eigenvalue weighted by molar-refractivity contribution is 0.112. The quantitative estimate of drug-likeness (QED) is 0.883. The predicted molar refractivity (Wildman–Crippen MR) is 88.8 cm³/mol. The van der Waals surface area contributed by atoms with Gasteiger partial charge in [-0.15, -0.1) is 0 Å². The molecule has 6 nitrogen and oxygen atoms in total. The van der Waals surface area contributed by atoms with Crippen LogP contribution in [-0.2, 0) is 11.3 Å². The van der Waals surface area contributed by atoms with E-state index in [-0.39, 0.29) is 12.1 Å². The van der Waals surface area contributed by atoms with E-state index in [1.165, 1.54) is 0 Å². The van der Waals surface area contributed by atoms with Crippen LogP contribution in [0.1, 0.15) is 18.4 Å². The van der Waals surface area contributed by atoms with E-state index in [9.17, 15) is 4.79 Å². The summed E-state index contributed by atoms with van der Waals surface area (Å²) in [5, 5.41) is 10.5. The summed E-state index contributed by atoms with van der Waals surface area (Å²) < 4.78 is 7.23. The Balaban J connectivity index is 1.48. The fourth-order valence-corrected chi connectivity index (χ4v) is 2.60. The Bertz CT molecular complexity index is 650. The lowest BCUT2D eigenvalue weighted by Crippen LogP contribution is -2.34. The molecule has 1 aromatic heterocycles. The van der Waals surface area contributed by atoms with Gasteiger partial charge in [-0.3, -0.25) is 4.68 Å². The van der Waals surface area contributed by atoms with Crippen LogP contribution >= 0.6 is 11.6 Å². The molecule has 23 heavy (non-hydrogen) atoms. The molecule has 1 fully saturated rings. The number of rotatable bonds is 5. The minimum Gasteiger partial charge on any atom is -0.376 e. The van der Waals surface area contributed by atoms with Crippen LogP contribution in [0.2, 0.25) is 5.02 Å². The van der Waals surface area contributed by atoms with Crippen LogP contribution in [0, 0.1) is 0 Å². The average molecular weight is 335 g/mol. The van der Waals surface area contributed by atoms with Crippen LogP contribution in [0.4, 0.5) is 10.5 Å². The van der Waals surface area contributed by atoms with E-state index in [1.54, 1.807) is 17.1 Å². The molecule has 0 bridgehead atoms. The Labute approximate surface area is 139 Å². The molecule has 2 N–H and O–H groups in total. The van der Waals surface area contributed by atoms with Crippen molar-refractivity contribution in [2.45, 2.75) is 25.5 Å². The summed E-state index contributed by atoms with van der Waals surface area (Å²) >= 11 is 5.87. The Morgan fingerprint density at radius 2 is 2.22 bits per heavy atom. The zero-order valence-electron chi connectivity index (χ0n) is 12.7. The topological polar surface area (TPSA) is 68.2 Å². The molecule has 0 saturated carbocycles. The maximum atomic E-state index is 11.8. The molecule has 1 aliphatic rings. The van der Waals surface area contributed by atoms with Crippen molar-refractivity contribution >= 4 is 23.3 Å². The van der Waals surface area contributed by atoms with Crippen LogP contribution in [0.25, 0.3) is 0 Å². The summed E-state index contributed by atoms with van der Waals surface area (Å²) in [6.45, 7) is 1.94. The van der Waals surface area contributed by atoms with Gasteiger partial charge in [-0.2, -0.15) is 5.10 Å². The molecule has 1 saturated heterocycles. The summed E-state index contributed by atoms with van der Waals surface area (Å²) in [5.41, 5.74) is 1.75. The normalized spacial score (nSPS) is 17.2. The Kier molecular flexibility index (Phi) is 5.15. The van der Waals surface area contributed by atoms with Crippen molar-refractivity contribution in [2.24, 2.45) is 0 Å². The first kappa shape index (κ1) is 15.8. The third-order valence-electron chi connectivity index (χ3n) is 3.66. The van der Waals surface area contributed by atoms with E-state index >= 15 is 0 Å². The van der Waals surface area contributed by atoms with E-state index in [4.69, 9.17) is 16.3 Å². The highest BCUT2D eigenvalue weighted by molar-refractivity contribution is 6.30. The van der Waals surface area contributed by atoms with Crippen LogP contribution in [0.3, 0.4) is 0 Å². The van der Waals surface area contributed by atoms with Gasteiger partial charge in [-0.1, -0.05) is 23.7 Å². The number of hydrogen-bond acceptors (Lipinski definition) is 3. The second-order valence-corrected chi connectivity index (χ2v) is 5.96. The number of amides is 2. The van der Waals surface area contributed by atoms with Gasteiger partial charge in [0.1, 0.15) is 0 Å². The highest BCUT2D eigenvalue weighted by Gasteiger charge is 2.16. The molecule has 3 rings (SSSR count). The minimum absolute atomic E-state index is 0.133. The molecule has 2 aromatic rings. The van der Waals surface area contributed by atoms with E-state index in [2.05, 4.69) is 15.7 Å². The third-order valence-corrected chi connectivity index (χ3v) is 3.92. The zero-order chi connectivity index (χ0) is 16.1. The molecule has 7 heteroatoms. The van der Waals surface area contributed by atoms with Crippen molar-refractivity contribution in [3.8, 4) is 0 Å². The Morgan fingerprint density at radius 1 is 1.39 bits per heavy atom. The number of carbonyl (C=O) groups is 1. The fraction of sp³-hybridized carbons (Fsp3) is 0.375. The van der Waals surface area contributed by atoms with Gasteiger partial charge in [0.15, 0.2) is 0 Å². The monoisotopic (exact) mass is 334 g/mol. The molecule has 2 amide bonds. The van der Waals surface area contributed by atoms with Crippen LogP contribution in [-0.4, -0.2) is 35.1 Å². The van der Waals surface area contributed by atoms with Gasteiger partial charge in [0.25, 0.3) is 0 Å². The molecule has 1 aliphatic heterocycles. The maximum absolute atomic E-state index is 11.8. The molecule has 1 atom stereocenters. The van der Waals surface area contributed by atoms with Crippen molar-refractivity contribution < 1.29 is 9.53 Å². The largest absolute Gasteiger partial charge is 0.376 e. The molecule has 1 unspecified atom stereocenters. The molecule has 1 aromatic carbocycles.